The molecule has 0 heterocycles. The molecule has 0 spiro atoms. The van der Waals surface area contributed by atoms with Gasteiger partial charge in [-0.25, -0.2) is 4.39 Å². The maximum absolute atomic E-state index is 13.2. The van der Waals surface area contributed by atoms with Crippen molar-refractivity contribution < 1.29 is 13.9 Å². The van der Waals surface area contributed by atoms with Gasteiger partial charge in [0, 0.05) is 12.6 Å². The largest absolute Gasteiger partial charge is 0.483 e. The summed E-state index contributed by atoms with van der Waals surface area (Å²) in [6.07, 6.45) is 1.32. The van der Waals surface area contributed by atoms with Crippen LogP contribution >= 0.6 is 0 Å². The lowest BCUT2D eigenvalue weighted by Crippen LogP contribution is -2.29. The normalized spacial score (nSPS) is 12.0. The van der Waals surface area contributed by atoms with E-state index in [0.29, 0.717) is 24.3 Å². The third kappa shape index (κ3) is 5.26. The summed E-state index contributed by atoms with van der Waals surface area (Å²) >= 11 is 0. The Labute approximate surface area is 113 Å². The first kappa shape index (κ1) is 15.4. The number of nitrogens with two attached hydrogens (primary N) is 1. The first-order chi connectivity index (χ1) is 9.06. The molecule has 3 N–H and O–H groups in total. The Hall–Kier alpha value is -1.62. The Morgan fingerprint density at radius 2 is 2.21 bits per heavy atom. The third-order valence-corrected chi connectivity index (χ3v) is 2.76. The van der Waals surface area contributed by atoms with Crippen LogP contribution in [0, 0.1) is 5.82 Å². The standard InChI is InChI=1S/C14H21FN2O2/c1-3-12(16)8-10-7-11(15)5-6-13(10)19-9-14(18)17-4-2/h5-7,12H,3-4,8-9,16H2,1-2H3,(H,17,18). The fourth-order valence-corrected chi connectivity index (χ4v) is 1.67. The third-order valence-electron chi connectivity index (χ3n) is 2.76. The Balaban J connectivity index is 2.73. The number of rotatable bonds is 7. The van der Waals surface area contributed by atoms with Gasteiger partial charge in [-0.1, -0.05) is 6.92 Å². The quantitative estimate of drug-likeness (QED) is 0.790. The zero-order chi connectivity index (χ0) is 14.3. The van der Waals surface area contributed by atoms with Crippen molar-refractivity contribution in [3.8, 4) is 5.75 Å². The lowest BCUT2D eigenvalue weighted by atomic mass is 10.0. The molecule has 106 valence electrons. The van der Waals surface area contributed by atoms with Gasteiger partial charge in [-0.2, -0.15) is 0 Å². The molecule has 4 nitrogen and oxygen atoms in total. The lowest BCUT2D eigenvalue weighted by molar-refractivity contribution is -0.122. The molecule has 1 aromatic rings. The fraction of sp³-hybridized carbons (Fsp3) is 0.500. The van der Waals surface area contributed by atoms with Gasteiger partial charge in [0.15, 0.2) is 6.61 Å². The van der Waals surface area contributed by atoms with E-state index in [1.165, 1.54) is 18.2 Å². The van der Waals surface area contributed by atoms with E-state index in [4.69, 9.17) is 10.5 Å². The van der Waals surface area contributed by atoms with E-state index in [0.717, 1.165) is 6.42 Å². The number of halogens is 1. The number of amides is 1. The summed E-state index contributed by atoms with van der Waals surface area (Å²) in [5.74, 6) is -0.0159. The van der Waals surface area contributed by atoms with Crippen molar-refractivity contribution >= 4 is 5.91 Å². The predicted octanol–water partition coefficient (Wildman–Crippen LogP) is 1.62. The van der Waals surface area contributed by atoms with Gasteiger partial charge < -0.3 is 15.8 Å². The van der Waals surface area contributed by atoms with E-state index in [1.807, 2.05) is 13.8 Å². The minimum absolute atomic E-state index is 0.0476. The summed E-state index contributed by atoms with van der Waals surface area (Å²) in [6.45, 7) is 4.29. The molecular weight excluding hydrogens is 247 g/mol. The van der Waals surface area contributed by atoms with Gasteiger partial charge in [-0.05, 0) is 43.5 Å². The van der Waals surface area contributed by atoms with Crippen LogP contribution in [0.25, 0.3) is 0 Å². The average Bonchev–Trinajstić information content (AvgIpc) is 2.38. The number of carbonyl (C=O) groups is 1. The second kappa shape index (κ2) is 7.74. The molecule has 1 atom stereocenters. The topological polar surface area (TPSA) is 64.3 Å². The van der Waals surface area contributed by atoms with Crippen molar-refractivity contribution in [2.24, 2.45) is 5.73 Å². The molecule has 0 fully saturated rings. The van der Waals surface area contributed by atoms with Gasteiger partial charge in [-0.15, -0.1) is 0 Å². The molecular formula is C14H21FN2O2. The maximum Gasteiger partial charge on any atom is 0.257 e. The number of hydrogen-bond acceptors (Lipinski definition) is 3. The SMILES string of the molecule is CCNC(=O)COc1ccc(F)cc1CC(N)CC. The van der Waals surface area contributed by atoms with E-state index in [1.54, 1.807) is 0 Å². The summed E-state index contributed by atoms with van der Waals surface area (Å²) < 4.78 is 18.7. The smallest absolute Gasteiger partial charge is 0.257 e. The number of nitrogens with one attached hydrogen (secondary N) is 1. The van der Waals surface area contributed by atoms with Crippen molar-refractivity contribution in [3.63, 3.8) is 0 Å². The Kier molecular flexibility index (Phi) is 6.29. The van der Waals surface area contributed by atoms with Gasteiger partial charge >= 0.3 is 0 Å². The Morgan fingerprint density at radius 1 is 1.47 bits per heavy atom. The minimum atomic E-state index is -0.330. The minimum Gasteiger partial charge on any atom is -0.483 e. The molecule has 19 heavy (non-hydrogen) atoms. The second-order valence-corrected chi connectivity index (χ2v) is 4.37. The van der Waals surface area contributed by atoms with E-state index in [9.17, 15) is 9.18 Å². The number of hydrogen-bond donors (Lipinski definition) is 2. The van der Waals surface area contributed by atoms with E-state index < -0.39 is 0 Å². The molecule has 0 saturated heterocycles. The van der Waals surface area contributed by atoms with Gasteiger partial charge in [0.2, 0.25) is 0 Å². The van der Waals surface area contributed by atoms with Crippen molar-refractivity contribution in [1.29, 1.82) is 0 Å². The average molecular weight is 268 g/mol. The molecule has 0 aliphatic carbocycles. The van der Waals surface area contributed by atoms with E-state index in [-0.39, 0.29) is 24.4 Å². The summed E-state index contributed by atoms with van der Waals surface area (Å²) in [5.41, 5.74) is 6.56. The fourth-order valence-electron chi connectivity index (χ4n) is 1.67. The van der Waals surface area contributed by atoms with Crippen LogP contribution in [0.4, 0.5) is 4.39 Å². The first-order valence-corrected chi connectivity index (χ1v) is 6.50. The molecule has 1 amide bonds. The van der Waals surface area contributed by atoms with Gasteiger partial charge in [-0.3, -0.25) is 4.79 Å². The zero-order valence-corrected chi connectivity index (χ0v) is 11.4. The molecule has 1 unspecified atom stereocenters. The van der Waals surface area contributed by atoms with Crippen molar-refractivity contribution in [1.82, 2.24) is 5.32 Å². The molecule has 0 aliphatic heterocycles. The highest BCUT2D eigenvalue weighted by Gasteiger charge is 2.10. The Bertz CT molecular complexity index is 424. The maximum atomic E-state index is 13.2. The van der Waals surface area contributed by atoms with Crippen LogP contribution in [-0.4, -0.2) is 25.1 Å². The Morgan fingerprint density at radius 3 is 2.84 bits per heavy atom. The highest BCUT2D eigenvalue weighted by atomic mass is 19.1. The van der Waals surface area contributed by atoms with Crippen molar-refractivity contribution in [2.75, 3.05) is 13.2 Å². The molecule has 1 rings (SSSR count). The molecule has 0 aliphatic rings. The summed E-state index contributed by atoms with van der Waals surface area (Å²) in [4.78, 5) is 11.3. The van der Waals surface area contributed by atoms with E-state index in [2.05, 4.69) is 5.32 Å². The zero-order valence-electron chi connectivity index (χ0n) is 11.4. The van der Waals surface area contributed by atoms with Crippen LogP contribution in [0.5, 0.6) is 5.75 Å². The van der Waals surface area contributed by atoms with Crippen molar-refractivity contribution in [3.05, 3.63) is 29.6 Å². The predicted molar refractivity (Wildman–Crippen MR) is 72.5 cm³/mol. The van der Waals surface area contributed by atoms with Gasteiger partial charge in [0.05, 0.1) is 0 Å². The summed E-state index contributed by atoms with van der Waals surface area (Å²) in [7, 11) is 0. The summed E-state index contributed by atoms with van der Waals surface area (Å²) in [5, 5.41) is 2.64. The van der Waals surface area contributed by atoms with Crippen LogP contribution in [0.2, 0.25) is 0 Å². The number of likely N-dealkylation sites (N-methyl/N-ethyl adjacent to an activating group) is 1. The number of ether oxygens (including phenoxy) is 1. The molecule has 0 bridgehead atoms. The van der Waals surface area contributed by atoms with Crippen LogP contribution < -0.4 is 15.8 Å². The second-order valence-electron chi connectivity index (χ2n) is 4.37. The molecule has 0 aromatic heterocycles. The first-order valence-electron chi connectivity index (χ1n) is 6.50. The van der Waals surface area contributed by atoms with Crippen LogP contribution in [0.3, 0.4) is 0 Å². The van der Waals surface area contributed by atoms with Crippen LogP contribution in [0.15, 0.2) is 18.2 Å². The van der Waals surface area contributed by atoms with Crippen LogP contribution in [-0.2, 0) is 11.2 Å². The lowest BCUT2D eigenvalue weighted by Gasteiger charge is -2.14. The van der Waals surface area contributed by atoms with E-state index >= 15 is 0 Å². The number of carbonyl (C=O) groups excluding carboxylic acids is 1. The molecule has 1 aromatic carbocycles. The summed E-state index contributed by atoms with van der Waals surface area (Å²) in [6, 6.07) is 4.21. The highest BCUT2D eigenvalue weighted by Crippen LogP contribution is 2.21. The van der Waals surface area contributed by atoms with Gasteiger partial charge in [0.1, 0.15) is 11.6 Å². The van der Waals surface area contributed by atoms with Crippen molar-refractivity contribution in [2.45, 2.75) is 32.7 Å². The number of benzene rings is 1. The molecule has 5 heteroatoms. The van der Waals surface area contributed by atoms with Gasteiger partial charge in [0.25, 0.3) is 5.91 Å². The monoisotopic (exact) mass is 268 g/mol. The van der Waals surface area contributed by atoms with Crippen LogP contribution in [0.1, 0.15) is 25.8 Å². The molecule has 0 radical (unpaired) electrons. The molecule has 0 saturated carbocycles. The highest BCUT2D eigenvalue weighted by molar-refractivity contribution is 5.77.